The van der Waals surface area contributed by atoms with Crippen molar-refractivity contribution in [2.24, 2.45) is 0 Å². The first kappa shape index (κ1) is 19.0. The number of benzene rings is 2. The van der Waals surface area contributed by atoms with E-state index < -0.39 is 6.04 Å². The molecule has 0 unspecified atom stereocenters. The fourth-order valence-corrected chi connectivity index (χ4v) is 5.40. The fourth-order valence-electron chi connectivity index (χ4n) is 4.27. The molecule has 5 nitrogen and oxygen atoms in total. The molecule has 0 aliphatic carbocycles. The van der Waals surface area contributed by atoms with E-state index in [1.165, 1.54) is 11.2 Å². The second-order valence-electron chi connectivity index (χ2n) is 7.64. The van der Waals surface area contributed by atoms with E-state index >= 15 is 0 Å². The van der Waals surface area contributed by atoms with Crippen LogP contribution in [0.2, 0.25) is 0 Å². The Morgan fingerprint density at radius 3 is 2.63 bits per heavy atom. The predicted molar refractivity (Wildman–Crippen MR) is 115 cm³/mol. The molecule has 2 aliphatic heterocycles. The highest BCUT2D eigenvalue weighted by atomic mass is 32.2. The summed E-state index contributed by atoms with van der Waals surface area (Å²) < 4.78 is 5.34. The molecule has 1 aromatic heterocycles. The SMILES string of the molecule is O=C(N[C@H]1CCSc2ccccc21)[C@@H]1Cc2ccccc2CN1C(=O)c1ccco1. The Morgan fingerprint density at radius 1 is 1.00 bits per heavy atom. The zero-order valence-electron chi connectivity index (χ0n) is 16.4. The molecule has 2 aromatic carbocycles. The second-order valence-corrected chi connectivity index (χ2v) is 8.77. The molecule has 0 saturated heterocycles. The summed E-state index contributed by atoms with van der Waals surface area (Å²) in [7, 11) is 0. The van der Waals surface area contributed by atoms with Crippen molar-refractivity contribution >= 4 is 23.6 Å². The van der Waals surface area contributed by atoms with Crippen molar-refractivity contribution in [1.82, 2.24) is 10.2 Å². The molecule has 1 N–H and O–H groups in total. The molecule has 6 heteroatoms. The monoisotopic (exact) mass is 418 g/mol. The van der Waals surface area contributed by atoms with E-state index in [2.05, 4.69) is 17.4 Å². The third-order valence-electron chi connectivity index (χ3n) is 5.82. The highest BCUT2D eigenvalue weighted by molar-refractivity contribution is 7.99. The van der Waals surface area contributed by atoms with Gasteiger partial charge in [0.1, 0.15) is 6.04 Å². The quantitative estimate of drug-likeness (QED) is 0.693. The average molecular weight is 419 g/mol. The van der Waals surface area contributed by atoms with Crippen molar-refractivity contribution in [3.05, 3.63) is 89.4 Å². The molecule has 30 heavy (non-hydrogen) atoms. The van der Waals surface area contributed by atoms with Gasteiger partial charge in [-0.2, -0.15) is 0 Å². The van der Waals surface area contributed by atoms with Gasteiger partial charge in [0.15, 0.2) is 5.76 Å². The lowest BCUT2D eigenvalue weighted by atomic mass is 9.92. The number of furan rings is 1. The minimum Gasteiger partial charge on any atom is -0.459 e. The normalized spacial score (nSPS) is 20.2. The lowest BCUT2D eigenvalue weighted by Crippen LogP contribution is -2.53. The smallest absolute Gasteiger partial charge is 0.290 e. The Kier molecular flexibility index (Phi) is 5.09. The minimum atomic E-state index is -0.570. The van der Waals surface area contributed by atoms with Gasteiger partial charge in [-0.3, -0.25) is 9.59 Å². The Labute approximate surface area is 179 Å². The number of carbonyl (C=O) groups excluding carboxylic acids is 2. The standard InChI is InChI=1S/C24H22N2O3S/c27-23(25-19-11-13-30-22-10-4-3-8-18(19)22)20-14-16-6-1-2-7-17(16)15-26(20)24(28)21-9-5-12-29-21/h1-10,12,19-20H,11,13-15H2,(H,25,27)/t19-,20-/m0/s1. The summed E-state index contributed by atoms with van der Waals surface area (Å²) in [6.07, 6.45) is 2.86. The van der Waals surface area contributed by atoms with E-state index in [1.807, 2.05) is 48.2 Å². The molecular weight excluding hydrogens is 396 g/mol. The number of thioether (sulfide) groups is 1. The van der Waals surface area contributed by atoms with Crippen molar-refractivity contribution in [2.75, 3.05) is 5.75 Å². The fraction of sp³-hybridized carbons (Fsp3) is 0.250. The summed E-state index contributed by atoms with van der Waals surface area (Å²) in [6.45, 7) is 0.394. The van der Waals surface area contributed by atoms with Crippen molar-refractivity contribution in [2.45, 2.75) is 36.4 Å². The maximum atomic E-state index is 13.4. The van der Waals surface area contributed by atoms with E-state index in [4.69, 9.17) is 4.42 Å². The number of rotatable bonds is 3. The van der Waals surface area contributed by atoms with Crippen molar-refractivity contribution < 1.29 is 14.0 Å². The number of carbonyl (C=O) groups is 2. The summed E-state index contributed by atoms with van der Waals surface area (Å²) in [5.74, 6) is 0.849. The van der Waals surface area contributed by atoms with Gasteiger partial charge in [-0.05, 0) is 41.3 Å². The summed E-state index contributed by atoms with van der Waals surface area (Å²) in [5.41, 5.74) is 3.34. The summed E-state index contributed by atoms with van der Waals surface area (Å²) in [6, 6.07) is 18.9. The van der Waals surface area contributed by atoms with Gasteiger partial charge in [-0.25, -0.2) is 0 Å². The molecule has 0 bridgehead atoms. The molecule has 2 amide bonds. The zero-order valence-corrected chi connectivity index (χ0v) is 17.2. The Morgan fingerprint density at radius 2 is 1.80 bits per heavy atom. The molecule has 3 heterocycles. The molecule has 5 rings (SSSR count). The van der Waals surface area contributed by atoms with E-state index in [9.17, 15) is 9.59 Å². The first-order valence-corrected chi connectivity index (χ1v) is 11.1. The highest BCUT2D eigenvalue weighted by Crippen LogP contribution is 2.36. The van der Waals surface area contributed by atoms with Crippen LogP contribution in [-0.2, 0) is 17.8 Å². The molecule has 0 fully saturated rings. The van der Waals surface area contributed by atoms with Crippen LogP contribution in [-0.4, -0.2) is 28.5 Å². The van der Waals surface area contributed by atoms with Gasteiger partial charge in [-0.1, -0.05) is 42.5 Å². The van der Waals surface area contributed by atoms with Crippen LogP contribution < -0.4 is 5.32 Å². The third-order valence-corrected chi connectivity index (χ3v) is 6.94. The maximum absolute atomic E-state index is 13.4. The van der Waals surface area contributed by atoms with Gasteiger partial charge in [0.05, 0.1) is 12.3 Å². The lowest BCUT2D eigenvalue weighted by molar-refractivity contribution is -0.127. The van der Waals surface area contributed by atoms with Crippen molar-refractivity contribution in [1.29, 1.82) is 0 Å². The van der Waals surface area contributed by atoms with Crippen molar-refractivity contribution in [3.63, 3.8) is 0 Å². The molecule has 0 saturated carbocycles. The third kappa shape index (κ3) is 3.52. The van der Waals surface area contributed by atoms with E-state index in [0.29, 0.717) is 13.0 Å². The Hall–Kier alpha value is -2.99. The molecule has 2 aliphatic rings. The van der Waals surface area contributed by atoms with Crippen LogP contribution in [0.1, 0.15) is 39.7 Å². The summed E-state index contributed by atoms with van der Waals surface area (Å²) >= 11 is 1.82. The van der Waals surface area contributed by atoms with Gasteiger partial charge < -0.3 is 14.6 Å². The van der Waals surface area contributed by atoms with Crippen LogP contribution in [0.3, 0.4) is 0 Å². The van der Waals surface area contributed by atoms with Crippen LogP contribution in [0.25, 0.3) is 0 Å². The van der Waals surface area contributed by atoms with Crippen LogP contribution >= 0.6 is 11.8 Å². The van der Waals surface area contributed by atoms with Crippen LogP contribution in [0.4, 0.5) is 0 Å². The van der Waals surface area contributed by atoms with Crippen LogP contribution in [0, 0.1) is 0 Å². The maximum Gasteiger partial charge on any atom is 0.290 e. The number of hydrogen-bond acceptors (Lipinski definition) is 4. The van der Waals surface area contributed by atoms with Crippen LogP contribution in [0.5, 0.6) is 0 Å². The molecule has 0 spiro atoms. The van der Waals surface area contributed by atoms with Gasteiger partial charge >= 0.3 is 0 Å². The lowest BCUT2D eigenvalue weighted by Gasteiger charge is -2.37. The first-order chi connectivity index (χ1) is 14.7. The van der Waals surface area contributed by atoms with E-state index in [-0.39, 0.29) is 23.6 Å². The Balaban J connectivity index is 1.43. The summed E-state index contributed by atoms with van der Waals surface area (Å²) in [5, 5.41) is 3.23. The number of fused-ring (bicyclic) bond motifs is 2. The van der Waals surface area contributed by atoms with Gasteiger partial charge in [-0.15, -0.1) is 11.8 Å². The molecule has 3 aromatic rings. The molecule has 152 valence electrons. The second kappa shape index (κ2) is 8.03. The van der Waals surface area contributed by atoms with E-state index in [1.54, 1.807) is 17.0 Å². The van der Waals surface area contributed by atoms with Gasteiger partial charge in [0.25, 0.3) is 5.91 Å². The number of amides is 2. The van der Waals surface area contributed by atoms with E-state index in [0.717, 1.165) is 28.9 Å². The number of nitrogens with zero attached hydrogens (tertiary/aromatic N) is 1. The molecule has 2 atom stereocenters. The van der Waals surface area contributed by atoms with Gasteiger partial charge in [0.2, 0.25) is 5.91 Å². The number of nitrogens with one attached hydrogen (secondary N) is 1. The number of hydrogen-bond donors (Lipinski definition) is 1. The molecular formula is C24H22N2O3S. The largest absolute Gasteiger partial charge is 0.459 e. The van der Waals surface area contributed by atoms with Crippen molar-refractivity contribution in [3.8, 4) is 0 Å². The first-order valence-electron chi connectivity index (χ1n) is 10.1. The van der Waals surface area contributed by atoms with Crippen LogP contribution in [0.15, 0.2) is 76.2 Å². The predicted octanol–water partition coefficient (Wildman–Crippen LogP) is 4.20. The van der Waals surface area contributed by atoms with Gasteiger partial charge in [0, 0.05) is 23.6 Å². The summed E-state index contributed by atoms with van der Waals surface area (Å²) in [4.78, 5) is 29.4. The topological polar surface area (TPSA) is 62.6 Å². The molecule has 0 radical (unpaired) electrons. The Bertz CT molecular complexity index is 1080. The zero-order chi connectivity index (χ0) is 20.5. The highest BCUT2D eigenvalue weighted by Gasteiger charge is 2.37. The average Bonchev–Trinajstić information content (AvgIpc) is 3.33. The minimum absolute atomic E-state index is 0.0346.